The highest BCUT2D eigenvalue weighted by molar-refractivity contribution is 5.33. The molecule has 0 aliphatic carbocycles. The predicted octanol–water partition coefficient (Wildman–Crippen LogP) is 0.628. The van der Waals surface area contributed by atoms with Crippen LogP contribution >= 0.6 is 0 Å². The van der Waals surface area contributed by atoms with E-state index in [1.54, 1.807) is 12.1 Å². The molecule has 7 nitrogen and oxygen atoms in total. The minimum absolute atomic E-state index is 0.0379. The van der Waals surface area contributed by atoms with Crippen molar-refractivity contribution in [2.24, 2.45) is 0 Å². The Labute approximate surface area is 129 Å². The summed E-state index contributed by atoms with van der Waals surface area (Å²) in [5.41, 5.74) is 0.750. The molecule has 0 saturated carbocycles. The number of non-ortho nitro benzene ring substituents is 1. The van der Waals surface area contributed by atoms with E-state index >= 15 is 0 Å². The lowest BCUT2D eigenvalue weighted by molar-refractivity contribution is -0.384. The number of nitro benzene ring substituents is 1. The number of aliphatic hydroxyl groups is 2. The third-order valence-corrected chi connectivity index (χ3v) is 4.09. The minimum atomic E-state index is -0.601. The molecule has 1 unspecified atom stereocenters. The molecular formula is C15H23N3O4. The lowest BCUT2D eigenvalue weighted by atomic mass is 10.1. The van der Waals surface area contributed by atoms with Crippen molar-refractivity contribution >= 4 is 5.69 Å². The second kappa shape index (κ2) is 8.19. The average molecular weight is 309 g/mol. The molecule has 22 heavy (non-hydrogen) atoms. The summed E-state index contributed by atoms with van der Waals surface area (Å²) in [7, 11) is 0. The fraction of sp³-hybridized carbons (Fsp3) is 0.600. The van der Waals surface area contributed by atoms with Crippen molar-refractivity contribution in [2.45, 2.75) is 12.5 Å². The number of aliphatic hydroxyl groups excluding tert-OH is 2. The summed E-state index contributed by atoms with van der Waals surface area (Å²) in [6.07, 6.45) is 0.00827. The van der Waals surface area contributed by atoms with Crippen molar-refractivity contribution in [1.29, 1.82) is 0 Å². The Bertz CT molecular complexity index is 472. The number of piperazine rings is 1. The van der Waals surface area contributed by atoms with Crippen LogP contribution in [0.4, 0.5) is 5.69 Å². The van der Waals surface area contributed by atoms with E-state index in [0.29, 0.717) is 12.0 Å². The largest absolute Gasteiger partial charge is 0.395 e. The fourth-order valence-electron chi connectivity index (χ4n) is 2.67. The predicted molar refractivity (Wildman–Crippen MR) is 82.6 cm³/mol. The molecule has 1 aliphatic rings. The normalized spacial score (nSPS) is 18.3. The Morgan fingerprint density at radius 1 is 1.09 bits per heavy atom. The molecule has 1 aliphatic heterocycles. The molecule has 0 amide bonds. The van der Waals surface area contributed by atoms with Crippen LogP contribution in [0, 0.1) is 10.1 Å². The molecule has 0 radical (unpaired) electrons. The molecule has 7 heteroatoms. The molecule has 1 aromatic carbocycles. The van der Waals surface area contributed by atoms with Gasteiger partial charge in [-0.05, 0) is 24.1 Å². The van der Waals surface area contributed by atoms with Crippen molar-refractivity contribution in [1.82, 2.24) is 9.80 Å². The summed E-state index contributed by atoms with van der Waals surface area (Å²) < 4.78 is 0. The zero-order valence-corrected chi connectivity index (χ0v) is 12.6. The van der Waals surface area contributed by atoms with Gasteiger partial charge in [0.2, 0.25) is 0 Å². The van der Waals surface area contributed by atoms with Gasteiger partial charge in [-0.15, -0.1) is 0 Å². The van der Waals surface area contributed by atoms with Crippen molar-refractivity contribution < 1.29 is 15.1 Å². The Morgan fingerprint density at radius 3 is 2.14 bits per heavy atom. The summed E-state index contributed by atoms with van der Waals surface area (Å²) in [5.74, 6) is 0. The molecule has 0 bridgehead atoms. The fourth-order valence-corrected chi connectivity index (χ4v) is 2.67. The number of nitrogens with zero attached hydrogens (tertiary/aromatic N) is 3. The van der Waals surface area contributed by atoms with Crippen LogP contribution in [-0.4, -0.2) is 70.8 Å². The van der Waals surface area contributed by atoms with Gasteiger partial charge in [-0.3, -0.25) is 15.0 Å². The number of hydrogen-bond donors (Lipinski definition) is 2. The van der Waals surface area contributed by atoms with E-state index in [4.69, 9.17) is 5.11 Å². The van der Waals surface area contributed by atoms with Crippen LogP contribution < -0.4 is 0 Å². The summed E-state index contributed by atoms with van der Waals surface area (Å²) in [6.45, 7) is 5.46. The van der Waals surface area contributed by atoms with E-state index in [-0.39, 0.29) is 12.3 Å². The molecule has 0 aromatic heterocycles. The minimum Gasteiger partial charge on any atom is -0.395 e. The highest BCUT2D eigenvalue weighted by Crippen LogP contribution is 2.20. The highest BCUT2D eigenvalue weighted by atomic mass is 16.6. The van der Waals surface area contributed by atoms with E-state index in [9.17, 15) is 15.2 Å². The Balaban J connectivity index is 1.76. The summed E-state index contributed by atoms with van der Waals surface area (Å²) >= 11 is 0. The summed E-state index contributed by atoms with van der Waals surface area (Å²) in [5, 5.41) is 29.7. The maximum absolute atomic E-state index is 10.6. The zero-order valence-electron chi connectivity index (χ0n) is 12.6. The number of hydrogen-bond acceptors (Lipinski definition) is 6. The van der Waals surface area contributed by atoms with Gasteiger partial charge in [-0.2, -0.15) is 0 Å². The maximum atomic E-state index is 10.6. The van der Waals surface area contributed by atoms with Crippen molar-refractivity contribution in [3.63, 3.8) is 0 Å². The van der Waals surface area contributed by atoms with Crippen molar-refractivity contribution in [2.75, 3.05) is 45.9 Å². The van der Waals surface area contributed by atoms with Gasteiger partial charge >= 0.3 is 0 Å². The van der Waals surface area contributed by atoms with Gasteiger partial charge in [0, 0.05) is 51.4 Å². The maximum Gasteiger partial charge on any atom is 0.269 e. The number of β-amino-alcohol motifs (C(OH)–C–C–N with tert-alkyl or cyclic N) is 1. The topological polar surface area (TPSA) is 90.1 Å². The first-order valence-corrected chi connectivity index (χ1v) is 7.58. The summed E-state index contributed by atoms with van der Waals surface area (Å²) in [4.78, 5) is 14.7. The van der Waals surface area contributed by atoms with Gasteiger partial charge < -0.3 is 15.1 Å². The van der Waals surface area contributed by atoms with Gasteiger partial charge in [-0.25, -0.2) is 0 Å². The number of rotatable bonds is 7. The van der Waals surface area contributed by atoms with E-state index in [2.05, 4.69) is 9.80 Å². The third kappa shape index (κ3) is 4.74. The van der Waals surface area contributed by atoms with Gasteiger partial charge in [-0.1, -0.05) is 0 Å². The molecule has 1 saturated heterocycles. The average Bonchev–Trinajstić information content (AvgIpc) is 2.54. The summed E-state index contributed by atoms with van der Waals surface area (Å²) in [6, 6.07) is 6.07. The van der Waals surface area contributed by atoms with Crippen LogP contribution in [-0.2, 0) is 0 Å². The Morgan fingerprint density at radius 2 is 1.64 bits per heavy atom. The number of benzene rings is 1. The third-order valence-electron chi connectivity index (χ3n) is 4.09. The van der Waals surface area contributed by atoms with Crippen LogP contribution in [0.1, 0.15) is 18.1 Å². The highest BCUT2D eigenvalue weighted by Gasteiger charge is 2.18. The molecular weight excluding hydrogens is 286 g/mol. The van der Waals surface area contributed by atoms with E-state index < -0.39 is 11.0 Å². The molecule has 2 rings (SSSR count). The molecule has 122 valence electrons. The lowest BCUT2D eigenvalue weighted by Crippen LogP contribution is -2.47. The van der Waals surface area contributed by atoms with Crippen LogP contribution in [0.2, 0.25) is 0 Å². The standard InChI is InChI=1S/C15H23N3O4/c19-12-11-17-9-7-16(8-10-17)6-5-15(20)13-1-3-14(4-2-13)18(21)22/h1-4,15,19-20H,5-12H2. The Hall–Kier alpha value is -1.54. The quantitative estimate of drug-likeness (QED) is 0.567. The molecule has 0 spiro atoms. The molecule has 1 heterocycles. The first kappa shape index (κ1) is 16.8. The SMILES string of the molecule is O=[N+]([O-])c1ccc(C(O)CCN2CCN(CCO)CC2)cc1. The van der Waals surface area contributed by atoms with E-state index in [1.165, 1.54) is 12.1 Å². The monoisotopic (exact) mass is 309 g/mol. The lowest BCUT2D eigenvalue weighted by Gasteiger charge is -2.34. The van der Waals surface area contributed by atoms with Gasteiger partial charge in [0.1, 0.15) is 0 Å². The first-order valence-electron chi connectivity index (χ1n) is 7.58. The van der Waals surface area contributed by atoms with Crippen LogP contribution in [0.15, 0.2) is 24.3 Å². The van der Waals surface area contributed by atoms with Gasteiger partial charge in [0.05, 0.1) is 17.6 Å². The Kier molecular flexibility index (Phi) is 6.26. The van der Waals surface area contributed by atoms with E-state index in [0.717, 1.165) is 39.3 Å². The molecule has 1 atom stereocenters. The van der Waals surface area contributed by atoms with Crippen LogP contribution in [0.25, 0.3) is 0 Å². The van der Waals surface area contributed by atoms with Crippen molar-refractivity contribution in [3.8, 4) is 0 Å². The smallest absolute Gasteiger partial charge is 0.269 e. The zero-order chi connectivity index (χ0) is 15.9. The van der Waals surface area contributed by atoms with E-state index in [1.807, 2.05) is 0 Å². The number of nitro groups is 1. The van der Waals surface area contributed by atoms with Crippen molar-refractivity contribution in [3.05, 3.63) is 39.9 Å². The second-order valence-electron chi connectivity index (χ2n) is 5.56. The second-order valence-corrected chi connectivity index (χ2v) is 5.56. The molecule has 2 N–H and O–H groups in total. The van der Waals surface area contributed by atoms with Gasteiger partial charge in [0.25, 0.3) is 5.69 Å². The van der Waals surface area contributed by atoms with Crippen LogP contribution in [0.3, 0.4) is 0 Å². The van der Waals surface area contributed by atoms with Crippen LogP contribution in [0.5, 0.6) is 0 Å². The molecule has 1 aromatic rings. The van der Waals surface area contributed by atoms with Gasteiger partial charge in [0.15, 0.2) is 0 Å². The first-order chi connectivity index (χ1) is 10.6. The molecule has 1 fully saturated rings.